The summed E-state index contributed by atoms with van der Waals surface area (Å²) < 4.78 is 4.61. The van der Waals surface area contributed by atoms with E-state index in [0.717, 1.165) is 32.1 Å². The lowest BCUT2D eigenvalue weighted by Crippen LogP contribution is -2.01. The van der Waals surface area contributed by atoms with E-state index in [-0.39, 0.29) is 12.1 Å². The number of carbonyl (C=O) groups is 1. The lowest BCUT2D eigenvalue weighted by Gasteiger charge is -2.04. The molecular weight excluding hydrogens is 264 g/mol. The molecule has 1 N–H and O–H groups in total. The van der Waals surface area contributed by atoms with Gasteiger partial charge < -0.3 is 9.84 Å². The number of aliphatic hydroxyl groups excluding tert-OH is 1. The monoisotopic (exact) mass is 298 g/mol. The predicted octanol–water partition coefficient (Wildman–Crippen LogP) is 4.78. The summed E-state index contributed by atoms with van der Waals surface area (Å²) in [5.41, 5.74) is 0. The molecular formula is C18H34O3. The van der Waals surface area contributed by atoms with Gasteiger partial charge in [0.05, 0.1) is 13.2 Å². The second kappa shape index (κ2) is 15.6. The zero-order valence-electron chi connectivity index (χ0n) is 14.0. The first-order valence-corrected chi connectivity index (χ1v) is 8.62. The fourth-order valence-corrected chi connectivity index (χ4v) is 2.29. The summed E-state index contributed by atoms with van der Waals surface area (Å²) in [5, 5.41) is 9.72. The van der Waals surface area contributed by atoms with Gasteiger partial charge in [-0.25, -0.2) is 0 Å². The van der Waals surface area contributed by atoms with Crippen molar-refractivity contribution >= 4 is 5.97 Å². The van der Waals surface area contributed by atoms with Crippen molar-refractivity contribution in [2.24, 2.45) is 0 Å². The second-order valence-electron chi connectivity index (χ2n) is 5.73. The van der Waals surface area contributed by atoms with E-state index in [1.165, 1.54) is 45.6 Å². The van der Waals surface area contributed by atoms with Crippen molar-refractivity contribution in [3.05, 3.63) is 12.2 Å². The van der Waals surface area contributed by atoms with Crippen molar-refractivity contribution in [2.75, 3.05) is 7.11 Å². The van der Waals surface area contributed by atoms with Crippen molar-refractivity contribution in [1.82, 2.24) is 0 Å². The lowest BCUT2D eigenvalue weighted by molar-refractivity contribution is -0.140. The predicted molar refractivity (Wildman–Crippen MR) is 88.2 cm³/mol. The molecule has 3 heteroatoms. The van der Waals surface area contributed by atoms with Crippen LogP contribution in [0.2, 0.25) is 0 Å². The van der Waals surface area contributed by atoms with Gasteiger partial charge in [0.15, 0.2) is 0 Å². The molecule has 0 aromatic rings. The quantitative estimate of drug-likeness (QED) is 0.285. The molecule has 0 aromatic carbocycles. The highest BCUT2D eigenvalue weighted by atomic mass is 16.5. The van der Waals surface area contributed by atoms with Crippen molar-refractivity contribution < 1.29 is 14.6 Å². The Morgan fingerprint density at radius 2 is 1.71 bits per heavy atom. The molecule has 21 heavy (non-hydrogen) atoms. The van der Waals surface area contributed by atoms with E-state index in [2.05, 4.69) is 17.7 Å². The minimum atomic E-state index is -0.255. The third-order valence-corrected chi connectivity index (χ3v) is 3.69. The Morgan fingerprint density at radius 3 is 2.38 bits per heavy atom. The van der Waals surface area contributed by atoms with Crippen LogP contribution in [0.5, 0.6) is 0 Å². The van der Waals surface area contributed by atoms with E-state index in [4.69, 9.17) is 0 Å². The van der Waals surface area contributed by atoms with E-state index >= 15 is 0 Å². The van der Waals surface area contributed by atoms with Gasteiger partial charge in [0.2, 0.25) is 0 Å². The number of aliphatic hydroxyl groups is 1. The standard InChI is InChI=1S/C18H34O3/c1-3-4-11-14-17(19)15-12-9-7-5-6-8-10-13-16-18(20)21-2/h12,15,17,19H,3-11,13-14,16H2,1-2H3/b15-12-/t17-/m0/s1. The van der Waals surface area contributed by atoms with Gasteiger partial charge in [0, 0.05) is 6.42 Å². The first kappa shape index (κ1) is 20.2. The number of unbranched alkanes of at least 4 members (excludes halogenated alkanes) is 8. The average molecular weight is 298 g/mol. The van der Waals surface area contributed by atoms with Gasteiger partial charge >= 0.3 is 5.97 Å². The molecule has 0 spiro atoms. The molecule has 124 valence electrons. The summed E-state index contributed by atoms with van der Waals surface area (Å²) in [6.45, 7) is 2.18. The molecule has 0 radical (unpaired) electrons. The summed E-state index contributed by atoms with van der Waals surface area (Å²) in [5.74, 6) is -0.0994. The fraction of sp³-hybridized carbons (Fsp3) is 0.833. The smallest absolute Gasteiger partial charge is 0.305 e. The molecule has 3 nitrogen and oxygen atoms in total. The van der Waals surface area contributed by atoms with Crippen molar-refractivity contribution in [2.45, 2.75) is 90.1 Å². The maximum Gasteiger partial charge on any atom is 0.305 e. The van der Waals surface area contributed by atoms with Gasteiger partial charge in [-0.2, -0.15) is 0 Å². The van der Waals surface area contributed by atoms with Gasteiger partial charge in [-0.05, 0) is 25.7 Å². The lowest BCUT2D eigenvalue weighted by atomic mass is 10.1. The van der Waals surface area contributed by atoms with Crippen molar-refractivity contribution in [3.8, 4) is 0 Å². The molecule has 0 heterocycles. The molecule has 0 aliphatic carbocycles. The highest BCUT2D eigenvalue weighted by molar-refractivity contribution is 5.68. The molecule has 0 aliphatic heterocycles. The summed E-state index contributed by atoms with van der Waals surface area (Å²) in [4.78, 5) is 10.9. The van der Waals surface area contributed by atoms with Crippen LogP contribution < -0.4 is 0 Å². The molecule has 1 atom stereocenters. The van der Waals surface area contributed by atoms with E-state index in [1.807, 2.05) is 6.08 Å². The number of hydrogen-bond donors (Lipinski definition) is 1. The number of methoxy groups -OCH3 is 1. The largest absolute Gasteiger partial charge is 0.469 e. The first-order chi connectivity index (χ1) is 10.2. The topological polar surface area (TPSA) is 46.5 Å². The zero-order chi connectivity index (χ0) is 15.8. The Hall–Kier alpha value is -0.830. The molecule has 0 saturated heterocycles. The minimum Gasteiger partial charge on any atom is -0.469 e. The van der Waals surface area contributed by atoms with Crippen LogP contribution in [-0.4, -0.2) is 24.3 Å². The Morgan fingerprint density at radius 1 is 1.05 bits per heavy atom. The van der Waals surface area contributed by atoms with Crippen LogP contribution in [0.1, 0.15) is 84.0 Å². The van der Waals surface area contributed by atoms with Gasteiger partial charge in [-0.1, -0.05) is 64.0 Å². The zero-order valence-corrected chi connectivity index (χ0v) is 14.0. The molecule has 0 rings (SSSR count). The van der Waals surface area contributed by atoms with Crippen molar-refractivity contribution in [3.63, 3.8) is 0 Å². The number of allylic oxidation sites excluding steroid dienone is 1. The maximum absolute atomic E-state index is 10.9. The van der Waals surface area contributed by atoms with Crippen LogP contribution in [-0.2, 0) is 9.53 Å². The van der Waals surface area contributed by atoms with Crippen LogP contribution in [0.4, 0.5) is 0 Å². The van der Waals surface area contributed by atoms with Crippen LogP contribution in [0.15, 0.2) is 12.2 Å². The van der Waals surface area contributed by atoms with Crippen molar-refractivity contribution in [1.29, 1.82) is 0 Å². The fourth-order valence-electron chi connectivity index (χ4n) is 2.29. The van der Waals surface area contributed by atoms with Gasteiger partial charge in [-0.3, -0.25) is 4.79 Å². The van der Waals surface area contributed by atoms with E-state index in [9.17, 15) is 9.90 Å². The highest BCUT2D eigenvalue weighted by Gasteiger charge is 1.99. The molecule has 0 fully saturated rings. The number of ether oxygens (including phenoxy) is 1. The summed E-state index contributed by atoms with van der Waals surface area (Å²) in [7, 11) is 1.44. The van der Waals surface area contributed by atoms with Gasteiger partial charge in [-0.15, -0.1) is 0 Å². The average Bonchev–Trinajstić information content (AvgIpc) is 2.49. The van der Waals surface area contributed by atoms with E-state index in [0.29, 0.717) is 6.42 Å². The Bertz CT molecular complexity index is 261. The maximum atomic E-state index is 10.9. The van der Waals surface area contributed by atoms with Crippen LogP contribution in [0.25, 0.3) is 0 Å². The Balaban J connectivity index is 3.26. The molecule has 0 amide bonds. The second-order valence-corrected chi connectivity index (χ2v) is 5.73. The van der Waals surface area contributed by atoms with Crippen LogP contribution in [0, 0.1) is 0 Å². The number of rotatable bonds is 14. The van der Waals surface area contributed by atoms with Gasteiger partial charge in [0.25, 0.3) is 0 Å². The number of hydrogen-bond acceptors (Lipinski definition) is 3. The molecule has 0 saturated carbocycles. The number of carbonyl (C=O) groups excluding carboxylic acids is 1. The first-order valence-electron chi connectivity index (χ1n) is 8.62. The van der Waals surface area contributed by atoms with E-state index < -0.39 is 0 Å². The molecule has 0 aromatic heterocycles. The SMILES string of the molecule is CCCCC[C@H](O)/C=C\CCCCCCCCC(=O)OC. The third kappa shape index (κ3) is 15.4. The van der Waals surface area contributed by atoms with E-state index in [1.54, 1.807) is 0 Å². The van der Waals surface area contributed by atoms with Gasteiger partial charge in [0.1, 0.15) is 0 Å². The number of esters is 1. The molecule has 0 bridgehead atoms. The molecule has 0 aliphatic rings. The normalized spacial score (nSPS) is 12.7. The van der Waals surface area contributed by atoms with Crippen LogP contribution >= 0.6 is 0 Å². The highest BCUT2D eigenvalue weighted by Crippen LogP contribution is 2.10. The summed E-state index contributed by atoms with van der Waals surface area (Å²) >= 11 is 0. The minimum absolute atomic E-state index is 0.0994. The summed E-state index contributed by atoms with van der Waals surface area (Å²) in [6.07, 6.45) is 16.8. The summed E-state index contributed by atoms with van der Waals surface area (Å²) in [6, 6.07) is 0. The third-order valence-electron chi connectivity index (χ3n) is 3.69. The van der Waals surface area contributed by atoms with Crippen LogP contribution in [0.3, 0.4) is 0 Å². The Kier molecular flexibility index (Phi) is 14.9. The Labute approximate surface area is 130 Å². The molecule has 0 unspecified atom stereocenters.